The second kappa shape index (κ2) is 8.94. The first kappa shape index (κ1) is 20.1. The minimum absolute atomic E-state index is 0.0584. The zero-order chi connectivity index (χ0) is 19.3. The molecule has 140 valence electrons. The van der Waals surface area contributed by atoms with Crippen molar-refractivity contribution in [3.63, 3.8) is 0 Å². The molecule has 0 unspecified atom stereocenters. The number of rotatable bonds is 7. The summed E-state index contributed by atoms with van der Waals surface area (Å²) in [5.74, 6) is 1.86. The summed E-state index contributed by atoms with van der Waals surface area (Å²) < 4.78 is 17.3. The van der Waals surface area contributed by atoms with E-state index >= 15 is 0 Å². The predicted octanol–water partition coefficient (Wildman–Crippen LogP) is 4.34. The van der Waals surface area contributed by atoms with E-state index in [1.165, 1.54) is 0 Å². The summed E-state index contributed by atoms with van der Waals surface area (Å²) in [7, 11) is 3.20. The summed E-state index contributed by atoms with van der Waals surface area (Å²) in [6, 6.07) is 9.05. The molecular formula is C20H24BrNO4. The standard InChI is InChI=1S/C20H24BrNO4/c1-12-8-16(9-13(2)20(12)21)26-11-19(23)22-14(3)17-10-15(24-4)6-7-18(17)25-5/h6-10,14H,11H2,1-5H3,(H,22,23)/t14-/m1/s1. The van der Waals surface area contributed by atoms with E-state index in [1.54, 1.807) is 14.2 Å². The molecule has 0 saturated heterocycles. The van der Waals surface area contributed by atoms with Crippen molar-refractivity contribution in [2.75, 3.05) is 20.8 Å². The topological polar surface area (TPSA) is 56.8 Å². The molecule has 1 N–H and O–H groups in total. The van der Waals surface area contributed by atoms with Crippen LogP contribution in [0.15, 0.2) is 34.8 Å². The second-order valence-electron chi connectivity index (χ2n) is 6.06. The van der Waals surface area contributed by atoms with Crippen LogP contribution in [0.3, 0.4) is 0 Å². The summed E-state index contributed by atoms with van der Waals surface area (Å²) in [5, 5.41) is 2.92. The lowest BCUT2D eigenvalue weighted by molar-refractivity contribution is -0.123. The highest BCUT2D eigenvalue weighted by Gasteiger charge is 2.16. The number of amides is 1. The van der Waals surface area contributed by atoms with Gasteiger partial charge in [0.15, 0.2) is 6.61 Å². The molecule has 0 fully saturated rings. The molecule has 0 spiro atoms. The molecule has 0 aliphatic carbocycles. The highest BCUT2D eigenvalue weighted by atomic mass is 79.9. The minimum Gasteiger partial charge on any atom is -0.497 e. The average molecular weight is 422 g/mol. The number of ether oxygens (including phenoxy) is 3. The summed E-state index contributed by atoms with van der Waals surface area (Å²) in [6.07, 6.45) is 0. The maximum Gasteiger partial charge on any atom is 0.258 e. The van der Waals surface area contributed by atoms with E-state index in [1.807, 2.05) is 51.1 Å². The first-order chi connectivity index (χ1) is 12.3. The zero-order valence-corrected chi connectivity index (χ0v) is 17.3. The fourth-order valence-corrected chi connectivity index (χ4v) is 2.91. The molecule has 0 radical (unpaired) electrons. The van der Waals surface area contributed by atoms with Gasteiger partial charge in [-0.25, -0.2) is 0 Å². The molecule has 2 aromatic rings. The van der Waals surface area contributed by atoms with Crippen LogP contribution in [0.4, 0.5) is 0 Å². The molecule has 0 heterocycles. The SMILES string of the molecule is COc1ccc(OC)c([C@@H](C)NC(=O)COc2cc(C)c(Br)c(C)c2)c1. The van der Waals surface area contributed by atoms with E-state index in [0.717, 1.165) is 21.2 Å². The van der Waals surface area contributed by atoms with Gasteiger partial charge in [0.2, 0.25) is 0 Å². The normalized spacial score (nSPS) is 11.6. The summed E-state index contributed by atoms with van der Waals surface area (Å²) >= 11 is 3.52. The van der Waals surface area contributed by atoms with Crippen LogP contribution in [-0.2, 0) is 4.79 Å². The molecule has 0 aromatic heterocycles. The third kappa shape index (κ3) is 4.91. The average Bonchev–Trinajstić information content (AvgIpc) is 2.63. The number of benzene rings is 2. The Morgan fingerprint density at radius 1 is 1.08 bits per heavy atom. The van der Waals surface area contributed by atoms with Crippen molar-refractivity contribution < 1.29 is 19.0 Å². The Morgan fingerprint density at radius 3 is 2.31 bits per heavy atom. The zero-order valence-electron chi connectivity index (χ0n) is 15.7. The summed E-state index contributed by atoms with van der Waals surface area (Å²) in [4.78, 5) is 12.3. The molecule has 2 aromatic carbocycles. The van der Waals surface area contributed by atoms with E-state index in [4.69, 9.17) is 14.2 Å². The van der Waals surface area contributed by atoms with E-state index in [9.17, 15) is 4.79 Å². The fraction of sp³-hybridized carbons (Fsp3) is 0.350. The van der Waals surface area contributed by atoms with Gasteiger partial charge in [-0.2, -0.15) is 0 Å². The van der Waals surface area contributed by atoms with Crippen LogP contribution in [0, 0.1) is 13.8 Å². The van der Waals surface area contributed by atoms with Crippen LogP contribution in [0.5, 0.6) is 17.2 Å². The molecule has 0 saturated carbocycles. The number of hydrogen-bond acceptors (Lipinski definition) is 4. The molecular weight excluding hydrogens is 398 g/mol. The molecule has 1 amide bonds. The van der Waals surface area contributed by atoms with Crippen molar-refractivity contribution in [2.45, 2.75) is 26.8 Å². The van der Waals surface area contributed by atoms with E-state index in [0.29, 0.717) is 17.2 Å². The molecule has 0 bridgehead atoms. The van der Waals surface area contributed by atoms with Crippen LogP contribution in [0.2, 0.25) is 0 Å². The number of aryl methyl sites for hydroxylation is 2. The van der Waals surface area contributed by atoms with Gasteiger partial charge in [-0.05, 0) is 62.2 Å². The quantitative estimate of drug-likeness (QED) is 0.722. The van der Waals surface area contributed by atoms with Gasteiger partial charge in [0.1, 0.15) is 17.2 Å². The maximum absolute atomic E-state index is 12.3. The Kier molecular flexibility index (Phi) is 6.91. The van der Waals surface area contributed by atoms with Gasteiger partial charge in [-0.1, -0.05) is 15.9 Å². The van der Waals surface area contributed by atoms with Crippen molar-refractivity contribution in [3.05, 3.63) is 51.5 Å². The van der Waals surface area contributed by atoms with Crippen molar-refractivity contribution in [3.8, 4) is 17.2 Å². The van der Waals surface area contributed by atoms with Gasteiger partial charge in [0.05, 0.1) is 20.3 Å². The smallest absolute Gasteiger partial charge is 0.258 e. The monoisotopic (exact) mass is 421 g/mol. The fourth-order valence-electron chi connectivity index (χ4n) is 2.68. The van der Waals surface area contributed by atoms with Gasteiger partial charge in [-0.3, -0.25) is 4.79 Å². The van der Waals surface area contributed by atoms with Crippen LogP contribution in [0.25, 0.3) is 0 Å². The van der Waals surface area contributed by atoms with Crippen LogP contribution in [-0.4, -0.2) is 26.7 Å². The van der Waals surface area contributed by atoms with Crippen molar-refractivity contribution in [2.24, 2.45) is 0 Å². The number of halogens is 1. The number of hydrogen-bond donors (Lipinski definition) is 1. The highest BCUT2D eigenvalue weighted by molar-refractivity contribution is 9.10. The molecule has 6 heteroatoms. The lowest BCUT2D eigenvalue weighted by Crippen LogP contribution is -2.31. The molecule has 0 aliphatic heterocycles. The maximum atomic E-state index is 12.3. The number of carbonyl (C=O) groups excluding carboxylic acids is 1. The predicted molar refractivity (Wildman–Crippen MR) is 105 cm³/mol. The van der Waals surface area contributed by atoms with Gasteiger partial charge < -0.3 is 19.5 Å². The molecule has 2 rings (SSSR count). The summed E-state index contributed by atoms with van der Waals surface area (Å²) in [5.41, 5.74) is 2.97. The van der Waals surface area contributed by atoms with E-state index in [-0.39, 0.29) is 18.6 Å². The Hall–Kier alpha value is -2.21. The van der Waals surface area contributed by atoms with Crippen LogP contribution in [0.1, 0.15) is 29.7 Å². The number of carbonyl (C=O) groups is 1. The van der Waals surface area contributed by atoms with Gasteiger partial charge >= 0.3 is 0 Å². The largest absolute Gasteiger partial charge is 0.497 e. The Morgan fingerprint density at radius 2 is 1.73 bits per heavy atom. The lowest BCUT2D eigenvalue weighted by atomic mass is 10.1. The minimum atomic E-state index is -0.246. The first-order valence-corrected chi connectivity index (χ1v) is 9.05. The van der Waals surface area contributed by atoms with Crippen LogP contribution >= 0.6 is 15.9 Å². The van der Waals surface area contributed by atoms with Crippen molar-refractivity contribution >= 4 is 21.8 Å². The molecule has 26 heavy (non-hydrogen) atoms. The van der Waals surface area contributed by atoms with Gasteiger partial charge in [-0.15, -0.1) is 0 Å². The Labute approximate surface area is 162 Å². The molecule has 5 nitrogen and oxygen atoms in total. The highest BCUT2D eigenvalue weighted by Crippen LogP contribution is 2.29. The molecule has 1 atom stereocenters. The number of methoxy groups -OCH3 is 2. The number of nitrogens with one attached hydrogen (secondary N) is 1. The van der Waals surface area contributed by atoms with E-state index in [2.05, 4.69) is 21.2 Å². The second-order valence-corrected chi connectivity index (χ2v) is 6.85. The van der Waals surface area contributed by atoms with Crippen LogP contribution < -0.4 is 19.5 Å². The van der Waals surface area contributed by atoms with Crippen molar-refractivity contribution in [1.82, 2.24) is 5.32 Å². The van der Waals surface area contributed by atoms with Crippen molar-refractivity contribution in [1.29, 1.82) is 0 Å². The van der Waals surface area contributed by atoms with Gasteiger partial charge in [0.25, 0.3) is 5.91 Å². The van der Waals surface area contributed by atoms with Gasteiger partial charge in [0, 0.05) is 10.0 Å². The Bertz CT molecular complexity index is 768. The molecule has 0 aliphatic rings. The third-order valence-corrected chi connectivity index (χ3v) is 5.31. The summed E-state index contributed by atoms with van der Waals surface area (Å²) in [6.45, 7) is 5.81. The Balaban J connectivity index is 2.01. The lowest BCUT2D eigenvalue weighted by Gasteiger charge is -2.18. The third-order valence-electron chi connectivity index (χ3n) is 4.06. The first-order valence-electron chi connectivity index (χ1n) is 8.26. The van der Waals surface area contributed by atoms with E-state index < -0.39 is 0 Å².